The summed E-state index contributed by atoms with van der Waals surface area (Å²) >= 11 is 0. The van der Waals surface area contributed by atoms with Crippen molar-refractivity contribution in [2.24, 2.45) is 0 Å². The van der Waals surface area contributed by atoms with Gasteiger partial charge >= 0.3 is 0 Å². The fourth-order valence-corrected chi connectivity index (χ4v) is 2.90. The fraction of sp³-hybridized carbons (Fsp3) is 0.238. The Kier molecular flexibility index (Phi) is 5.42. The second-order valence-corrected chi connectivity index (χ2v) is 6.55. The van der Waals surface area contributed by atoms with Crippen molar-refractivity contribution in [3.63, 3.8) is 0 Å². The standard InChI is InChI=1S/C21H21N5O2/c1-15(9-12-21-23-25-26-24-21)28-19-7-4-6-18(13-19)27-14-17-11-10-16-5-2-3-8-20(16)22-17/h2-8,10-11,13,15H,9,12,14H2,1H3,(H,23,24,25,26). The van der Waals surface area contributed by atoms with E-state index in [1.54, 1.807) is 0 Å². The van der Waals surface area contributed by atoms with Gasteiger partial charge in [0.25, 0.3) is 0 Å². The van der Waals surface area contributed by atoms with Gasteiger partial charge in [0.05, 0.1) is 17.3 Å². The lowest BCUT2D eigenvalue weighted by Crippen LogP contribution is -2.13. The summed E-state index contributed by atoms with van der Waals surface area (Å²) in [6, 6.07) is 19.8. The summed E-state index contributed by atoms with van der Waals surface area (Å²) in [5.41, 5.74) is 1.86. The summed E-state index contributed by atoms with van der Waals surface area (Å²) in [7, 11) is 0. The van der Waals surface area contributed by atoms with E-state index >= 15 is 0 Å². The average molecular weight is 375 g/mol. The van der Waals surface area contributed by atoms with Gasteiger partial charge in [-0.1, -0.05) is 35.5 Å². The molecule has 7 nitrogen and oxygen atoms in total. The van der Waals surface area contributed by atoms with Crippen molar-refractivity contribution >= 4 is 10.9 Å². The molecule has 0 spiro atoms. The van der Waals surface area contributed by atoms with Crippen LogP contribution in [0.4, 0.5) is 0 Å². The van der Waals surface area contributed by atoms with Crippen LogP contribution in [0.3, 0.4) is 0 Å². The molecule has 0 aliphatic rings. The number of fused-ring (bicyclic) bond motifs is 1. The number of ether oxygens (including phenoxy) is 2. The van der Waals surface area contributed by atoms with E-state index in [4.69, 9.17) is 9.47 Å². The van der Waals surface area contributed by atoms with E-state index in [-0.39, 0.29) is 6.10 Å². The molecule has 0 saturated heterocycles. The number of H-pyrrole nitrogens is 1. The monoisotopic (exact) mass is 375 g/mol. The number of rotatable bonds is 8. The molecule has 2 aromatic carbocycles. The Balaban J connectivity index is 1.33. The smallest absolute Gasteiger partial charge is 0.174 e. The van der Waals surface area contributed by atoms with Crippen LogP contribution in [0.15, 0.2) is 60.7 Å². The summed E-state index contributed by atoms with van der Waals surface area (Å²) in [6.45, 7) is 2.42. The molecule has 0 fully saturated rings. The van der Waals surface area contributed by atoms with Gasteiger partial charge in [-0.3, -0.25) is 0 Å². The van der Waals surface area contributed by atoms with Crippen LogP contribution < -0.4 is 9.47 Å². The molecule has 0 radical (unpaired) electrons. The fourth-order valence-electron chi connectivity index (χ4n) is 2.90. The van der Waals surface area contributed by atoms with Crippen LogP contribution in [0, 0.1) is 0 Å². The number of nitrogens with one attached hydrogen (secondary N) is 1. The van der Waals surface area contributed by atoms with E-state index in [1.165, 1.54) is 0 Å². The maximum absolute atomic E-state index is 5.98. The molecule has 0 aliphatic heterocycles. The van der Waals surface area contributed by atoms with Crippen LogP contribution in [0.2, 0.25) is 0 Å². The van der Waals surface area contributed by atoms with Crippen molar-refractivity contribution in [3.8, 4) is 11.5 Å². The lowest BCUT2D eigenvalue weighted by molar-refractivity contribution is 0.208. The zero-order chi connectivity index (χ0) is 19.2. The molecule has 2 heterocycles. The highest BCUT2D eigenvalue weighted by Crippen LogP contribution is 2.22. The minimum atomic E-state index is 0.0240. The predicted molar refractivity (Wildman–Crippen MR) is 105 cm³/mol. The number of nitrogens with zero attached hydrogens (tertiary/aromatic N) is 4. The third-order valence-electron chi connectivity index (χ3n) is 4.35. The minimum absolute atomic E-state index is 0.0240. The van der Waals surface area contributed by atoms with E-state index in [0.717, 1.165) is 34.5 Å². The number of aromatic nitrogens is 5. The molecule has 2 aromatic heterocycles. The van der Waals surface area contributed by atoms with Crippen LogP contribution in [0.25, 0.3) is 10.9 Å². The molecule has 0 bridgehead atoms. The third-order valence-corrected chi connectivity index (χ3v) is 4.35. The van der Waals surface area contributed by atoms with Gasteiger partial charge in [0.15, 0.2) is 5.82 Å². The second kappa shape index (κ2) is 8.47. The minimum Gasteiger partial charge on any atom is -0.491 e. The first-order chi connectivity index (χ1) is 13.8. The highest BCUT2D eigenvalue weighted by atomic mass is 16.5. The van der Waals surface area contributed by atoms with Gasteiger partial charge in [0.1, 0.15) is 18.1 Å². The van der Waals surface area contributed by atoms with Crippen LogP contribution in [0.1, 0.15) is 24.9 Å². The molecule has 1 atom stereocenters. The third kappa shape index (κ3) is 4.62. The average Bonchev–Trinajstić information content (AvgIpc) is 3.25. The Morgan fingerprint density at radius 3 is 2.79 bits per heavy atom. The van der Waals surface area contributed by atoms with Crippen molar-refractivity contribution in [1.82, 2.24) is 25.6 Å². The molecule has 4 rings (SSSR count). The first-order valence-electron chi connectivity index (χ1n) is 9.23. The van der Waals surface area contributed by atoms with Crippen molar-refractivity contribution in [1.29, 1.82) is 0 Å². The zero-order valence-corrected chi connectivity index (χ0v) is 15.6. The summed E-state index contributed by atoms with van der Waals surface area (Å²) in [5, 5.41) is 15.0. The van der Waals surface area contributed by atoms with Crippen molar-refractivity contribution in [2.75, 3.05) is 0 Å². The van der Waals surface area contributed by atoms with Gasteiger partial charge in [0, 0.05) is 17.9 Å². The number of hydrogen-bond acceptors (Lipinski definition) is 6. The Labute approximate surface area is 162 Å². The number of hydrogen-bond donors (Lipinski definition) is 1. The normalized spacial score (nSPS) is 12.0. The van der Waals surface area contributed by atoms with Gasteiger partial charge in [-0.2, -0.15) is 5.21 Å². The molecule has 28 heavy (non-hydrogen) atoms. The van der Waals surface area contributed by atoms with Gasteiger partial charge in [0.2, 0.25) is 0 Å². The van der Waals surface area contributed by atoms with E-state index in [1.807, 2.05) is 61.5 Å². The number of benzene rings is 2. The van der Waals surface area contributed by atoms with Gasteiger partial charge in [-0.05, 0) is 37.6 Å². The summed E-state index contributed by atoms with van der Waals surface area (Å²) in [6.07, 6.45) is 1.53. The molecular weight excluding hydrogens is 354 g/mol. The van der Waals surface area contributed by atoms with E-state index < -0.39 is 0 Å². The van der Waals surface area contributed by atoms with E-state index in [9.17, 15) is 0 Å². The molecule has 0 aliphatic carbocycles. The molecule has 0 amide bonds. The van der Waals surface area contributed by atoms with Crippen molar-refractivity contribution < 1.29 is 9.47 Å². The first kappa shape index (κ1) is 17.9. The largest absolute Gasteiger partial charge is 0.491 e. The molecule has 1 N–H and O–H groups in total. The summed E-state index contributed by atoms with van der Waals surface area (Å²) in [5.74, 6) is 2.21. The summed E-state index contributed by atoms with van der Waals surface area (Å²) < 4.78 is 11.9. The van der Waals surface area contributed by atoms with Crippen molar-refractivity contribution in [3.05, 3.63) is 72.2 Å². The number of pyridine rings is 1. The van der Waals surface area contributed by atoms with E-state index in [0.29, 0.717) is 18.9 Å². The maximum Gasteiger partial charge on any atom is 0.174 e. The molecule has 7 heteroatoms. The quantitative estimate of drug-likeness (QED) is 0.505. The van der Waals surface area contributed by atoms with Gasteiger partial charge in [-0.25, -0.2) is 4.98 Å². The Bertz CT molecular complexity index is 1040. The van der Waals surface area contributed by atoms with Crippen molar-refractivity contribution in [2.45, 2.75) is 32.5 Å². The predicted octanol–water partition coefficient (Wildman–Crippen LogP) is 3.73. The molecule has 1 unspecified atom stereocenters. The Morgan fingerprint density at radius 1 is 1.00 bits per heavy atom. The highest BCUT2D eigenvalue weighted by Gasteiger charge is 2.08. The van der Waals surface area contributed by atoms with Gasteiger partial charge in [-0.15, -0.1) is 10.2 Å². The summed E-state index contributed by atoms with van der Waals surface area (Å²) in [4.78, 5) is 4.63. The van der Waals surface area contributed by atoms with Crippen LogP contribution >= 0.6 is 0 Å². The van der Waals surface area contributed by atoms with Gasteiger partial charge < -0.3 is 9.47 Å². The lowest BCUT2D eigenvalue weighted by atomic mass is 10.2. The molecule has 142 valence electrons. The van der Waals surface area contributed by atoms with E-state index in [2.05, 4.69) is 31.7 Å². The Hall–Kier alpha value is -3.48. The first-order valence-corrected chi connectivity index (χ1v) is 9.23. The van der Waals surface area contributed by atoms with Crippen LogP contribution in [-0.2, 0) is 13.0 Å². The number of aromatic amines is 1. The molecular formula is C21H21N5O2. The second-order valence-electron chi connectivity index (χ2n) is 6.55. The van der Waals surface area contributed by atoms with Crippen LogP contribution in [-0.4, -0.2) is 31.7 Å². The number of tetrazole rings is 1. The topological polar surface area (TPSA) is 85.8 Å². The maximum atomic E-state index is 5.98. The molecule has 4 aromatic rings. The SMILES string of the molecule is CC(CCc1nn[nH]n1)Oc1cccc(OCc2ccc3ccccc3n2)c1. The number of aryl methyl sites for hydroxylation is 1. The number of para-hydroxylation sites is 1. The Morgan fingerprint density at radius 2 is 1.89 bits per heavy atom. The lowest BCUT2D eigenvalue weighted by Gasteiger charge is -2.15. The zero-order valence-electron chi connectivity index (χ0n) is 15.6. The van der Waals surface area contributed by atoms with Crippen LogP contribution in [0.5, 0.6) is 11.5 Å². The molecule has 0 saturated carbocycles. The highest BCUT2D eigenvalue weighted by molar-refractivity contribution is 5.78.